The van der Waals surface area contributed by atoms with Crippen molar-refractivity contribution in [1.82, 2.24) is 5.43 Å². The van der Waals surface area contributed by atoms with Crippen LogP contribution in [0.25, 0.3) is 11.1 Å². The molecule has 0 bridgehead atoms. The Kier molecular flexibility index (Phi) is 6.36. The number of hydrogen-bond acceptors (Lipinski definition) is 4. The van der Waals surface area contributed by atoms with Crippen molar-refractivity contribution in [2.24, 2.45) is 11.7 Å². The fourth-order valence-corrected chi connectivity index (χ4v) is 4.18. The average molecular weight is 393 g/mol. The fourth-order valence-electron chi connectivity index (χ4n) is 3.05. The highest BCUT2D eigenvalue weighted by molar-refractivity contribution is 7.98. The maximum absolute atomic E-state index is 11.8. The molecule has 0 aromatic heterocycles. The number of amides is 2. The van der Waals surface area contributed by atoms with E-state index in [9.17, 15) is 4.79 Å². The lowest BCUT2D eigenvalue weighted by Gasteiger charge is -2.21. The molecule has 0 saturated carbocycles. The molecule has 2 amide bonds. The second-order valence-electron chi connectivity index (χ2n) is 6.53. The molecule has 0 heterocycles. The van der Waals surface area contributed by atoms with Crippen molar-refractivity contribution in [3.8, 4) is 11.1 Å². The lowest BCUT2D eigenvalue weighted by atomic mass is 10.0. The van der Waals surface area contributed by atoms with Crippen LogP contribution in [-0.2, 0) is 5.75 Å². The molecule has 144 valence electrons. The summed E-state index contributed by atoms with van der Waals surface area (Å²) in [5, 5.41) is 1.05. The van der Waals surface area contributed by atoms with Crippen LogP contribution < -0.4 is 22.1 Å². The number of nitrogens with one attached hydrogen (secondary N) is 1. The highest BCUT2D eigenvalue weighted by Crippen LogP contribution is 2.33. The van der Waals surface area contributed by atoms with E-state index >= 15 is 0 Å². The molecular formula is C22H24N4OS. The number of carbonyl (C=O) groups is 1. The van der Waals surface area contributed by atoms with Crippen molar-refractivity contribution in [2.75, 3.05) is 5.01 Å². The van der Waals surface area contributed by atoms with Crippen molar-refractivity contribution < 1.29 is 4.79 Å². The number of benzene rings is 3. The van der Waals surface area contributed by atoms with Crippen LogP contribution >= 0.6 is 11.8 Å². The van der Waals surface area contributed by atoms with Gasteiger partial charge in [-0.25, -0.2) is 21.5 Å². The van der Waals surface area contributed by atoms with E-state index < -0.39 is 6.03 Å². The maximum atomic E-state index is 11.8. The first-order chi connectivity index (χ1) is 13.5. The summed E-state index contributed by atoms with van der Waals surface area (Å²) in [5.41, 5.74) is 8.41. The van der Waals surface area contributed by atoms with Crippen LogP contribution in [0.15, 0.2) is 71.6 Å². The third-order valence-corrected chi connectivity index (χ3v) is 5.84. The lowest BCUT2D eigenvalue weighted by Crippen LogP contribution is -2.48. The summed E-state index contributed by atoms with van der Waals surface area (Å²) in [4.78, 5) is 13.0. The number of anilines is 1. The zero-order valence-corrected chi connectivity index (χ0v) is 16.8. The van der Waals surface area contributed by atoms with Crippen LogP contribution in [0.2, 0.25) is 0 Å². The minimum atomic E-state index is -0.555. The van der Waals surface area contributed by atoms with Gasteiger partial charge in [-0.05, 0) is 53.8 Å². The molecule has 0 atom stereocenters. The van der Waals surface area contributed by atoms with E-state index in [0.29, 0.717) is 11.4 Å². The van der Waals surface area contributed by atoms with E-state index in [0.717, 1.165) is 16.1 Å². The SMILES string of the molecule is Cc1cc(-c2ccccc2)ccc1SCc1c(C)cccc1N(N)C(=O)NN. The van der Waals surface area contributed by atoms with E-state index in [1.807, 2.05) is 43.3 Å². The summed E-state index contributed by atoms with van der Waals surface area (Å²) in [6, 6.07) is 22.0. The molecule has 5 N–H and O–H groups in total. The zero-order chi connectivity index (χ0) is 20.1. The van der Waals surface area contributed by atoms with Gasteiger partial charge in [-0.1, -0.05) is 54.6 Å². The van der Waals surface area contributed by atoms with Crippen molar-refractivity contribution in [1.29, 1.82) is 0 Å². The van der Waals surface area contributed by atoms with Crippen LogP contribution in [0.3, 0.4) is 0 Å². The van der Waals surface area contributed by atoms with Gasteiger partial charge in [-0.3, -0.25) is 5.43 Å². The van der Waals surface area contributed by atoms with Crippen molar-refractivity contribution in [3.63, 3.8) is 0 Å². The molecule has 0 aliphatic carbocycles. The predicted molar refractivity (Wildman–Crippen MR) is 117 cm³/mol. The van der Waals surface area contributed by atoms with Gasteiger partial charge in [-0.2, -0.15) is 0 Å². The highest BCUT2D eigenvalue weighted by Gasteiger charge is 2.16. The maximum Gasteiger partial charge on any atom is 0.350 e. The smallest absolute Gasteiger partial charge is 0.274 e. The molecule has 0 unspecified atom stereocenters. The second-order valence-corrected chi connectivity index (χ2v) is 7.54. The molecule has 3 aromatic carbocycles. The van der Waals surface area contributed by atoms with Crippen LogP contribution in [0.4, 0.5) is 10.5 Å². The highest BCUT2D eigenvalue weighted by atomic mass is 32.2. The Balaban J connectivity index is 1.82. The topological polar surface area (TPSA) is 84.4 Å². The van der Waals surface area contributed by atoms with Gasteiger partial charge in [0.15, 0.2) is 0 Å². The Labute approximate surface area is 169 Å². The third kappa shape index (κ3) is 4.36. The summed E-state index contributed by atoms with van der Waals surface area (Å²) in [5.74, 6) is 11.8. The number of hydrogen-bond donors (Lipinski definition) is 3. The number of nitrogens with two attached hydrogens (primary N) is 2. The fraction of sp³-hybridized carbons (Fsp3) is 0.136. The molecule has 0 radical (unpaired) electrons. The van der Waals surface area contributed by atoms with E-state index in [2.05, 4.69) is 42.7 Å². The molecule has 0 aliphatic heterocycles. The zero-order valence-electron chi connectivity index (χ0n) is 16.0. The summed E-state index contributed by atoms with van der Waals surface area (Å²) in [6.45, 7) is 4.13. The summed E-state index contributed by atoms with van der Waals surface area (Å²) >= 11 is 1.72. The monoisotopic (exact) mass is 392 g/mol. The van der Waals surface area contributed by atoms with Crippen LogP contribution in [-0.4, -0.2) is 6.03 Å². The first kappa shape index (κ1) is 19.9. The minimum absolute atomic E-state index is 0.555. The quantitative estimate of drug-likeness (QED) is 0.258. The first-order valence-corrected chi connectivity index (χ1v) is 9.92. The summed E-state index contributed by atoms with van der Waals surface area (Å²) in [6.07, 6.45) is 0. The Bertz CT molecular complexity index is 976. The summed E-state index contributed by atoms with van der Waals surface area (Å²) in [7, 11) is 0. The van der Waals surface area contributed by atoms with Gasteiger partial charge >= 0.3 is 6.03 Å². The minimum Gasteiger partial charge on any atom is -0.274 e. The van der Waals surface area contributed by atoms with E-state index in [-0.39, 0.29) is 0 Å². The molecule has 6 heteroatoms. The molecule has 0 fully saturated rings. The first-order valence-electron chi connectivity index (χ1n) is 8.94. The molecule has 0 aliphatic rings. The number of aryl methyl sites for hydroxylation is 2. The number of carbonyl (C=O) groups excluding carboxylic acids is 1. The number of thioether (sulfide) groups is 1. The molecule has 0 saturated heterocycles. The van der Waals surface area contributed by atoms with Gasteiger partial charge < -0.3 is 0 Å². The molecule has 3 aromatic rings. The van der Waals surface area contributed by atoms with Crippen molar-refractivity contribution in [3.05, 3.63) is 83.4 Å². The molecule has 5 nitrogen and oxygen atoms in total. The van der Waals surface area contributed by atoms with Gasteiger partial charge in [0, 0.05) is 10.6 Å². The average Bonchev–Trinajstić information content (AvgIpc) is 2.73. The standard InChI is InChI=1S/C22H24N4OS/c1-15-7-6-10-20(26(24)22(27)25-23)19(15)14-28-21-12-11-18(13-16(21)2)17-8-4-3-5-9-17/h3-13H,14,23-24H2,1-2H3,(H,25,27). The Hall–Kier alpha value is -2.80. The van der Waals surface area contributed by atoms with Crippen LogP contribution in [0, 0.1) is 13.8 Å². The van der Waals surface area contributed by atoms with Gasteiger partial charge in [0.25, 0.3) is 0 Å². The number of urea groups is 1. The van der Waals surface area contributed by atoms with E-state index in [1.165, 1.54) is 21.6 Å². The largest absolute Gasteiger partial charge is 0.350 e. The Morgan fingerprint density at radius 2 is 1.71 bits per heavy atom. The van der Waals surface area contributed by atoms with Gasteiger partial charge in [0.05, 0.1) is 5.69 Å². The summed E-state index contributed by atoms with van der Waals surface area (Å²) < 4.78 is 0. The number of rotatable bonds is 5. The van der Waals surface area contributed by atoms with Gasteiger partial charge in [0.2, 0.25) is 0 Å². The van der Waals surface area contributed by atoms with Gasteiger partial charge in [0.1, 0.15) is 0 Å². The Morgan fingerprint density at radius 3 is 2.39 bits per heavy atom. The predicted octanol–water partition coefficient (Wildman–Crippen LogP) is 4.53. The molecule has 28 heavy (non-hydrogen) atoms. The van der Waals surface area contributed by atoms with Crippen molar-refractivity contribution >= 4 is 23.5 Å². The number of nitrogens with zero attached hydrogens (tertiary/aromatic N) is 1. The lowest BCUT2D eigenvalue weighted by molar-refractivity contribution is 0.246. The normalized spacial score (nSPS) is 10.6. The third-order valence-electron chi connectivity index (χ3n) is 4.64. The number of hydrazine groups is 2. The molecule has 0 spiro atoms. The molecule has 3 rings (SSSR count). The molecular weight excluding hydrogens is 368 g/mol. The van der Waals surface area contributed by atoms with E-state index in [4.69, 9.17) is 11.7 Å². The Morgan fingerprint density at radius 1 is 0.964 bits per heavy atom. The van der Waals surface area contributed by atoms with Crippen LogP contribution in [0.1, 0.15) is 16.7 Å². The van der Waals surface area contributed by atoms with Crippen molar-refractivity contribution in [2.45, 2.75) is 24.5 Å². The van der Waals surface area contributed by atoms with Crippen LogP contribution in [0.5, 0.6) is 0 Å². The van der Waals surface area contributed by atoms with Gasteiger partial charge in [-0.15, -0.1) is 11.8 Å². The second kappa shape index (κ2) is 8.93. The van der Waals surface area contributed by atoms with E-state index in [1.54, 1.807) is 11.8 Å².